The number of hydrogen-bond acceptors (Lipinski definition) is 4. The minimum Gasteiger partial charge on any atom is -0.482 e. The van der Waals surface area contributed by atoms with E-state index in [4.69, 9.17) is 10.00 Å². The first-order chi connectivity index (χ1) is 12.1. The van der Waals surface area contributed by atoms with Gasteiger partial charge < -0.3 is 14.5 Å². The van der Waals surface area contributed by atoms with Crippen LogP contribution in [0.4, 0.5) is 0 Å². The highest BCUT2D eigenvalue weighted by Crippen LogP contribution is 2.16. The van der Waals surface area contributed by atoms with Crippen molar-refractivity contribution in [2.24, 2.45) is 0 Å². The second-order valence-electron chi connectivity index (χ2n) is 6.00. The predicted molar refractivity (Wildman–Crippen MR) is 97.1 cm³/mol. The zero-order valence-corrected chi connectivity index (χ0v) is 14.7. The van der Waals surface area contributed by atoms with Gasteiger partial charge in [-0.3, -0.25) is 4.79 Å². The molecule has 0 fully saturated rings. The Labute approximate surface area is 149 Å². The van der Waals surface area contributed by atoms with Gasteiger partial charge in [0.05, 0.1) is 5.56 Å². The maximum absolute atomic E-state index is 12.6. The van der Waals surface area contributed by atoms with Crippen LogP contribution >= 0.6 is 0 Å². The number of nitrogens with zero attached hydrogens (tertiary/aromatic N) is 3. The molecule has 2 aromatic rings. The van der Waals surface area contributed by atoms with E-state index in [1.54, 1.807) is 29.2 Å². The zero-order valence-electron chi connectivity index (χ0n) is 14.7. The third kappa shape index (κ3) is 5.94. The van der Waals surface area contributed by atoms with E-state index in [9.17, 15) is 4.79 Å². The van der Waals surface area contributed by atoms with Crippen molar-refractivity contribution in [1.29, 1.82) is 5.26 Å². The third-order valence-corrected chi connectivity index (χ3v) is 3.74. The van der Waals surface area contributed by atoms with E-state index in [2.05, 4.69) is 6.07 Å². The van der Waals surface area contributed by atoms with Crippen LogP contribution in [0, 0.1) is 11.3 Å². The summed E-state index contributed by atoms with van der Waals surface area (Å²) in [6, 6.07) is 18.9. The fourth-order valence-electron chi connectivity index (χ4n) is 2.33. The van der Waals surface area contributed by atoms with Gasteiger partial charge in [0.1, 0.15) is 11.8 Å². The van der Waals surface area contributed by atoms with Gasteiger partial charge in [-0.15, -0.1) is 0 Å². The zero-order chi connectivity index (χ0) is 18.1. The molecule has 0 spiro atoms. The second-order valence-corrected chi connectivity index (χ2v) is 6.00. The molecule has 0 aliphatic rings. The maximum atomic E-state index is 12.6. The summed E-state index contributed by atoms with van der Waals surface area (Å²) in [6.07, 6.45) is 0. The molecule has 0 atom stereocenters. The second kappa shape index (κ2) is 9.45. The van der Waals surface area contributed by atoms with Crippen molar-refractivity contribution in [1.82, 2.24) is 9.80 Å². The highest BCUT2D eigenvalue weighted by molar-refractivity contribution is 5.77. The van der Waals surface area contributed by atoms with Crippen molar-refractivity contribution in [3.63, 3.8) is 0 Å². The third-order valence-electron chi connectivity index (χ3n) is 3.74. The molecule has 0 heterocycles. The molecule has 0 aliphatic heterocycles. The van der Waals surface area contributed by atoms with Gasteiger partial charge in [0.2, 0.25) is 0 Å². The van der Waals surface area contributed by atoms with Crippen molar-refractivity contribution in [2.45, 2.75) is 6.54 Å². The fourth-order valence-corrected chi connectivity index (χ4v) is 2.33. The number of nitriles is 1. The molecule has 0 radical (unpaired) electrons. The molecule has 2 aromatic carbocycles. The number of hydrogen-bond donors (Lipinski definition) is 0. The van der Waals surface area contributed by atoms with Crippen molar-refractivity contribution in [3.8, 4) is 11.8 Å². The first-order valence-electron chi connectivity index (χ1n) is 8.18. The van der Waals surface area contributed by atoms with Gasteiger partial charge >= 0.3 is 0 Å². The Morgan fingerprint density at radius 3 is 2.40 bits per heavy atom. The SMILES string of the molecule is CN(C)CCN(Cc1ccccc1)C(=O)COc1ccccc1C#N. The van der Waals surface area contributed by atoms with Gasteiger partial charge in [0, 0.05) is 19.6 Å². The molecule has 130 valence electrons. The summed E-state index contributed by atoms with van der Waals surface area (Å²) in [6.45, 7) is 1.84. The molecule has 0 aliphatic carbocycles. The molecule has 0 unspecified atom stereocenters. The normalized spacial score (nSPS) is 10.3. The lowest BCUT2D eigenvalue weighted by Gasteiger charge is -2.24. The van der Waals surface area contributed by atoms with E-state index in [1.807, 2.05) is 49.3 Å². The van der Waals surface area contributed by atoms with Gasteiger partial charge in [-0.1, -0.05) is 42.5 Å². The van der Waals surface area contributed by atoms with Crippen molar-refractivity contribution >= 4 is 5.91 Å². The lowest BCUT2D eigenvalue weighted by atomic mass is 10.2. The van der Waals surface area contributed by atoms with Crippen molar-refractivity contribution in [3.05, 3.63) is 65.7 Å². The number of likely N-dealkylation sites (N-methyl/N-ethyl adjacent to an activating group) is 1. The number of carbonyl (C=O) groups is 1. The number of benzene rings is 2. The monoisotopic (exact) mass is 337 g/mol. The van der Waals surface area contributed by atoms with Crippen LogP contribution < -0.4 is 4.74 Å². The lowest BCUT2D eigenvalue weighted by molar-refractivity contribution is -0.134. The van der Waals surface area contributed by atoms with Crippen LogP contribution in [0.1, 0.15) is 11.1 Å². The molecule has 0 saturated carbocycles. The first kappa shape index (κ1) is 18.5. The molecule has 0 aromatic heterocycles. The van der Waals surface area contributed by atoms with Crippen LogP contribution in [-0.2, 0) is 11.3 Å². The van der Waals surface area contributed by atoms with E-state index in [-0.39, 0.29) is 12.5 Å². The Kier molecular flexibility index (Phi) is 7.00. The van der Waals surface area contributed by atoms with E-state index in [1.165, 1.54) is 0 Å². The molecule has 0 saturated heterocycles. The number of carbonyl (C=O) groups excluding carboxylic acids is 1. The topological polar surface area (TPSA) is 56.6 Å². The Balaban J connectivity index is 2.02. The molecule has 5 nitrogen and oxygen atoms in total. The van der Waals surface area contributed by atoms with E-state index in [0.717, 1.165) is 12.1 Å². The Morgan fingerprint density at radius 1 is 1.04 bits per heavy atom. The van der Waals surface area contributed by atoms with Crippen LogP contribution in [0.15, 0.2) is 54.6 Å². The number of para-hydroxylation sites is 1. The summed E-state index contributed by atoms with van der Waals surface area (Å²) in [4.78, 5) is 16.5. The largest absolute Gasteiger partial charge is 0.482 e. The molecule has 25 heavy (non-hydrogen) atoms. The number of rotatable bonds is 8. The minimum absolute atomic E-state index is 0.0844. The average molecular weight is 337 g/mol. The van der Waals surface area contributed by atoms with E-state index < -0.39 is 0 Å². The van der Waals surface area contributed by atoms with Gasteiger partial charge in [0.25, 0.3) is 5.91 Å². The van der Waals surface area contributed by atoms with Gasteiger partial charge in [-0.05, 0) is 31.8 Å². The Hall–Kier alpha value is -2.84. The standard InChI is InChI=1S/C20H23N3O2/c1-22(2)12-13-23(15-17-8-4-3-5-9-17)20(24)16-25-19-11-7-6-10-18(19)14-21/h3-11H,12-13,15-16H2,1-2H3. The summed E-state index contributed by atoms with van der Waals surface area (Å²) < 4.78 is 5.59. The summed E-state index contributed by atoms with van der Waals surface area (Å²) in [5, 5.41) is 9.10. The molecule has 5 heteroatoms. The summed E-state index contributed by atoms with van der Waals surface area (Å²) in [5.41, 5.74) is 1.50. The van der Waals surface area contributed by atoms with Gasteiger partial charge in [-0.25, -0.2) is 0 Å². The van der Waals surface area contributed by atoms with E-state index in [0.29, 0.717) is 24.4 Å². The molecular weight excluding hydrogens is 314 g/mol. The van der Waals surface area contributed by atoms with E-state index >= 15 is 0 Å². The van der Waals surface area contributed by atoms with Gasteiger partial charge in [0.15, 0.2) is 6.61 Å². The van der Waals surface area contributed by atoms with Crippen molar-refractivity contribution in [2.75, 3.05) is 33.8 Å². The smallest absolute Gasteiger partial charge is 0.260 e. The molecule has 0 bridgehead atoms. The maximum Gasteiger partial charge on any atom is 0.260 e. The molecule has 1 amide bonds. The molecule has 0 N–H and O–H groups in total. The fraction of sp³-hybridized carbons (Fsp3) is 0.300. The van der Waals surface area contributed by atoms with Crippen LogP contribution in [0.5, 0.6) is 5.75 Å². The molecular formula is C20H23N3O2. The van der Waals surface area contributed by atoms with Crippen molar-refractivity contribution < 1.29 is 9.53 Å². The minimum atomic E-state index is -0.0987. The van der Waals surface area contributed by atoms with Crippen LogP contribution in [-0.4, -0.2) is 49.5 Å². The van der Waals surface area contributed by atoms with Crippen LogP contribution in [0.2, 0.25) is 0 Å². The highest BCUT2D eigenvalue weighted by atomic mass is 16.5. The quantitative estimate of drug-likeness (QED) is 0.743. The summed E-state index contributed by atoms with van der Waals surface area (Å²) in [5.74, 6) is 0.337. The van der Waals surface area contributed by atoms with Crippen LogP contribution in [0.25, 0.3) is 0 Å². The summed E-state index contributed by atoms with van der Waals surface area (Å²) >= 11 is 0. The Morgan fingerprint density at radius 2 is 1.72 bits per heavy atom. The number of amides is 1. The Bertz CT molecular complexity index is 723. The highest BCUT2D eigenvalue weighted by Gasteiger charge is 2.16. The number of ether oxygens (including phenoxy) is 1. The van der Waals surface area contributed by atoms with Gasteiger partial charge in [-0.2, -0.15) is 5.26 Å². The lowest BCUT2D eigenvalue weighted by Crippen LogP contribution is -2.39. The summed E-state index contributed by atoms with van der Waals surface area (Å²) in [7, 11) is 3.95. The average Bonchev–Trinajstić information content (AvgIpc) is 2.64. The van der Waals surface area contributed by atoms with Crippen LogP contribution in [0.3, 0.4) is 0 Å². The first-order valence-corrected chi connectivity index (χ1v) is 8.18. The molecule has 2 rings (SSSR count). The predicted octanol–water partition coefficient (Wildman–Crippen LogP) is 2.53.